The van der Waals surface area contributed by atoms with Crippen LogP contribution >= 0.6 is 15.6 Å². The number of ether oxygens (including phenoxy) is 4. The summed E-state index contributed by atoms with van der Waals surface area (Å²) in [6, 6.07) is 0. The van der Waals surface area contributed by atoms with Crippen molar-refractivity contribution in [1.29, 1.82) is 0 Å². The molecule has 100 heavy (non-hydrogen) atoms. The highest BCUT2D eigenvalue weighted by molar-refractivity contribution is 7.47. The van der Waals surface area contributed by atoms with Gasteiger partial charge in [0.15, 0.2) is 12.2 Å². The van der Waals surface area contributed by atoms with Gasteiger partial charge in [0, 0.05) is 25.7 Å². The van der Waals surface area contributed by atoms with Gasteiger partial charge >= 0.3 is 39.5 Å². The van der Waals surface area contributed by atoms with Gasteiger partial charge in [-0.1, -0.05) is 364 Å². The topological polar surface area (TPSA) is 237 Å². The van der Waals surface area contributed by atoms with Crippen LogP contribution in [0.2, 0.25) is 0 Å². The number of rotatable bonds is 78. The number of aliphatic hydroxyl groups is 1. The third-order valence-corrected chi connectivity index (χ3v) is 20.7. The molecule has 0 spiro atoms. The number of carbonyl (C=O) groups excluding carboxylic acids is 4. The molecule has 0 bridgehead atoms. The Bertz CT molecular complexity index is 1950. The molecule has 0 fully saturated rings. The van der Waals surface area contributed by atoms with E-state index in [4.69, 9.17) is 37.0 Å². The van der Waals surface area contributed by atoms with Crippen LogP contribution < -0.4 is 0 Å². The minimum absolute atomic E-state index is 0.104. The summed E-state index contributed by atoms with van der Waals surface area (Å²) < 4.78 is 68.6. The lowest BCUT2D eigenvalue weighted by molar-refractivity contribution is -0.161. The standard InChI is InChI=1S/C81H158O17P2/c1-71(2)57-49-41-33-26-22-18-14-11-9-10-12-16-21-25-29-38-47-55-63-80(85)97-77(68-92-79(84)62-54-46-40-32-36-44-52-60-74(7)8)70-96-100(89,90)94-66-75(82)65-93-99(87,88)95-69-76(98-81(86)64-56-48-39-31-30-35-43-51-59-73(5)6)67-91-78(83)61-53-45-37-28-24-20-17-13-15-19-23-27-34-42-50-58-72(3)4/h71-77,82H,9-70H2,1-8H3,(H,87,88)(H,89,90)/t75?,76-,77-/m1/s1. The van der Waals surface area contributed by atoms with E-state index in [2.05, 4.69) is 55.4 Å². The molecule has 0 aromatic heterocycles. The van der Waals surface area contributed by atoms with Crippen molar-refractivity contribution in [2.75, 3.05) is 39.6 Å². The Morgan fingerprint density at radius 3 is 0.620 bits per heavy atom. The van der Waals surface area contributed by atoms with Gasteiger partial charge in [0.1, 0.15) is 19.3 Å². The summed E-state index contributed by atoms with van der Waals surface area (Å²) in [7, 11) is -9.92. The Balaban J connectivity index is 5.16. The Hall–Kier alpha value is -1.94. The third kappa shape index (κ3) is 74.3. The summed E-state index contributed by atoms with van der Waals surface area (Å²) in [4.78, 5) is 72.9. The van der Waals surface area contributed by atoms with E-state index >= 15 is 0 Å². The molecule has 594 valence electrons. The van der Waals surface area contributed by atoms with Crippen molar-refractivity contribution < 1.29 is 80.2 Å². The van der Waals surface area contributed by atoms with E-state index in [1.807, 2.05) is 0 Å². The van der Waals surface area contributed by atoms with Gasteiger partial charge in [0.05, 0.1) is 26.4 Å². The molecule has 0 radical (unpaired) electrons. The highest BCUT2D eigenvalue weighted by Gasteiger charge is 2.30. The Kier molecular flexibility index (Phi) is 68.7. The quantitative estimate of drug-likeness (QED) is 0.0222. The second kappa shape index (κ2) is 70.1. The van der Waals surface area contributed by atoms with Crippen molar-refractivity contribution >= 4 is 39.5 Å². The maximum Gasteiger partial charge on any atom is 0.472 e. The molecular formula is C81H158O17P2. The molecule has 0 rings (SSSR count). The van der Waals surface area contributed by atoms with E-state index in [0.29, 0.717) is 31.6 Å². The number of hydrogen-bond acceptors (Lipinski definition) is 15. The SMILES string of the molecule is CC(C)CCCCCCCCCCCCCCCCCCCCC(=O)O[C@H](COC(=O)CCCCCCCCCC(C)C)COP(=O)(O)OCC(O)COP(=O)(O)OC[C@@H](COC(=O)CCCCCCCCCCCCCCCCCC(C)C)OC(=O)CCCCCCCCCCC(C)C. The summed E-state index contributed by atoms with van der Waals surface area (Å²) >= 11 is 0. The number of aliphatic hydroxyl groups excluding tert-OH is 1. The lowest BCUT2D eigenvalue weighted by Gasteiger charge is -2.21. The molecule has 5 atom stereocenters. The predicted octanol–water partition coefficient (Wildman–Crippen LogP) is 24.0. The third-order valence-electron chi connectivity index (χ3n) is 18.8. The first-order valence-electron chi connectivity index (χ1n) is 41.7. The molecule has 19 heteroatoms. The summed E-state index contributed by atoms with van der Waals surface area (Å²) in [5.74, 6) is 0.932. The minimum atomic E-state index is -4.96. The van der Waals surface area contributed by atoms with Gasteiger partial charge in [-0.25, -0.2) is 9.13 Å². The van der Waals surface area contributed by atoms with Crippen LogP contribution in [0.3, 0.4) is 0 Å². The van der Waals surface area contributed by atoms with Gasteiger partial charge in [-0.3, -0.25) is 37.3 Å². The molecule has 0 aromatic rings. The molecule has 0 aromatic carbocycles. The van der Waals surface area contributed by atoms with E-state index in [0.717, 1.165) is 114 Å². The van der Waals surface area contributed by atoms with Crippen LogP contribution in [0.15, 0.2) is 0 Å². The second-order valence-corrected chi connectivity index (χ2v) is 34.0. The molecule has 0 aliphatic rings. The fourth-order valence-corrected chi connectivity index (χ4v) is 14.0. The lowest BCUT2D eigenvalue weighted by atomic mass is 10.0. The monoisotopic (exact) mass is 1470 g/mol. The lowest BCUT2D eigenvalue weighted by Crippen LogP contribution is -2.30. The summed E-state index contributed by atoms with van der Waals surface area (Å²) in [6.07, 6.45) is 57.2. The van der Waals surface area contributed by atoms with Gasteiger partial charge in [-0.05, 0) is 49.4 Å². The summed E-state index contributed by atoms with van der Waals surface area (Å²) in [5, 5.41) is 10.6. The zero-order valence-electron chi connectivity index (χ0n) is 65.8. The normalized spacial score (nSPS) is 14.0. The van der Waals surface area contributed by atoms with E-state index in [-0.39, 0.29) is 25.7 Å². The predicted molar refractivity (Wildman–Crippen MR) is 409 cm³/mol. The van der Waals surface area contributed by atoms with Crippen LogP contribution in [-0.4, -0.2) is 96.7 Å². The molecule has 0 heterocycles. The fourth-order valence-electron chi connectivity index (χ4n) is 12.4. The number of carbonyl (C=O) groups is 4. The molecule has 0 saturated heterocycles. The van der Waals surface area contributed by atoms with Crippen molar-refractivity contribution in [2.24, 2.45) is 23.7 Å². The fraction of sp³-hybridized carbons (Fsp3) is 0.951. The van der Waals surface area contributed by atoms with Crippen molar-refractivity contribution in [3.8, 4) is 0 Å². The molecule has 0 aliphatic heterocycles. The van der Waals surface area contributed by atoms with Crippen molar-refractivity contribution in [3.05, 3.63) is 0 Å². The van der Waals surface area contributed by atoms with Crippen LogP contribution in [0.5, 0.6) is 0 Å². The Morgan fingerprint density at radius 2 is 0.420 bits per heavy atom. The van der Waals surface area contributed by atoms with Crippen LogP contribution in [0.25, 0.3) is 0 Å². The van der Waals surface area contributed by atoms with Crippen LogP contribution in [0, 0.1) is 23.7 Å². The molecule has 0 saturated carbocycles. The number of phosphoric acid groups is 2. The molecule has 0 aliphatic carbocycles. The second-order valence-electron chi connectivity index (χ2n) is 31.1. The van der Waals surface area contributed by atoms with Crippen molar-refractivity contribution in [3.63, 3.8) is 0 Å². The molecular weight excluding hydrogens is 1310 g/mol. The highest BCUT2D eigenvalue weighted by atomic mass is 31.2. The van der Waals surface area contributed by atoms with Crippen LogP contribution in [0.1, 0.15) is 415 Å². The first-order chi connectivity index (χ1) is 48.1. The first-order valence-corrected chi connectivity index (χ1v) is 44.7. The first kappa shape index (κ1) is 98.1. The largest absolute Gasteiger partial charge is 0.472 e. The molecule has 3 unspecified atom stereocenters. The van der Waals surface area contributed by atoms with Crippen molar-refractivity contribution in [2.45, 2.75) is 433 Å². The Morgan fingerprint density at radius 1 is 0.250 bits per heavy atom. The van der Waals surface area contributed by atoms with Gasteiger partial charge in [0.25, 0.3) is 0 Å². The van der Waals surface area contributed by atoms with Crippen LogP contribution in [-0.2, 0) is 65.4 Å². The molecule has 17 nitrogen and oxygen atoms in total. The van der Waals surface area contributed by atoms with Gasteiger partial charge < -0.3 is 33.8 Å². The van der Waals surface area contributed by atoms with Crippen LogP contribution in [0.4, 0.5) is 0 Å². The Labute approximate surface area is 613 Å². The highest BCUT2D eigenvalue weighted by Crippen LogP contribution is 2.45. The average molecular weight is 1470 g/mol. The molecule has 3 N–H and O–H groups in total. The zero-order valence-corrected chi connectivity index (χ0v) is 67.6. The summed E-state index contributed by atoms with van der Waals surface area (Å²) in [6.45, 7) is 14.2. The van der Waals surface area contributed by atoms with Gasteiger partial charge in [-0.15, -0.1) is 0 Å². The molecule has 0 amide bonds. The zero-order chi connectivity index (χ0) is 73.8. The van der Waals surface area contributed by atoms with E-state index in [1.165, 1.54) is 212 Å². The summed E-state index contributed by atoms with van der Waals surface area (Å²) in [5.41, 5.74) is 0. The smallest absolute Gasteiger partial charge is 0.462 e. The maximum absolute atomic E-state index is 13.1. The van der Waals surface area contributed by atoms with Gasteiger partial charge in [-0.2, -0.15) is 0 Å². The van der Waals surface area contributed by atoms with Crippen molar-refractivity contribution in [1.82, 2.24) is 0 Å². The van der Waals surface area contributed by atoms with E-state index in [9.17, 15) is 43.2 Å². The van der Waals surface area contributed by atoms with Gasteiger partial charge in [0.2, 0.25) is 0 Å². The average Bonchev–Trinajstić information content (AvgIpc) is 0.925. The number of esters is 4. The number of hydrogen-bond donors (Lipinski definition) is 3. The van der Waals surface area contributed by atoms with E-state index < -0.39 is 97.5 Å². The maximum atomic E-state index is 13.1. The minimum Gasteiger partial charge on any atom is -0.462 e. The number of phosphoric ester groups is 2. The number of unbranched alkanes of at least 4 members (excludes halogenated alkanes) is 44. The van der Waals surface area contributed by atoms with E-state index in [1.54, 1.807) is 0 Å².